The molecule has 18 heavy (non-hydrogen) atoms. The van der Waals surface area contributed by atoms with E-state index in [1.807, 2.05) is 13.8 Å². The van der Waals surface area contributed by atoms with Crippen LogP contribution in [0.3, 0.4) is 0 Å². The van der Waals surface area contributed by atoms with Crippen molar-refractivity contribution < 1.29 is 9.18 Å². The van der Waals surface area contributed by atoms with Gasteiger partial charge in [-0.15, -0.1) is 0 Å². The van der Waals surface area contributed by atoms with Crippen molar-refractivity contribution in [3.05, 3.63) is 35.6 Å². The Labute approximate surface area is 109 Å². The van der Waals surface area contributed by atoms with Crippen molar-refractivity contribution in [1.29, 1.82) is 0 Å². The fourth-order valence-corrected chi connectivity index (χ4v) is 2.19. The number of carbonyl (C=O) groups is 1. The highest BCUT2D eigenvalue weighted by Crippen LogP contribution is 2.28. The van der Waals surface area contributed by atoms with Crippen LogP contribution in [0.25, 0.3) is 0 Å². The van der Waals surface area contributed by atoms with Crippen molar-refractivity contribution in [3.8, 4) is 0 Å². The lowest BCUT2D eigenvalue weighted by atomic mass is 9.77. The molecule has 0 fully saturated rings. The van der Waals surface area contributed by atoms with E-state index in [9.17, 15) is 9.18 Å². The Hall–Kier alpha value is -1.18. The van der Waals surface area contributed by atoms with Gasteiger partial charge in [-0.2, -0.15) is 0 Å². The molecule has 100 valence electrons. The quantitative estimate of drug-likeness (QED) is 0.726. The van der Waals surface area contributed by atoms with Gasteiger partial charge in [0, 0.05) is 11.8 Å². The maximum Gasteiger partial charge on any atom is 0.143 e. The molecule has 1 unspecified atom stereocenters. The van der Waals surface area contributed by atoms with Gasteiger partial charge in [0.25, 0.3) is 0 Å². The molecular formula is C16H23FO. The molecule has 1 atom stereocenters. The van der Waals surface area contributed by atoms with Crippen LogP contribution >= 0.6 is 0 Å². The van der Waals surface area contributed by atoms with Crippen LogP contribution in [0.4, 0.5) is 4.39 Å². The lowest BCUT2D eigenvalue weighted by molar-refractivity contribution is -0.124. The Morgan fingerprint density at radius 2 is 1.83 bits per heavy atom. The number of benzene rings is 1. The number of hydrogen-bond acceptors (Lipinski definition) is 1. The molecular weight excluding hydrogens is 227 g/mol. The van der Waals surface area contributed by atoms with Gasteiger partial charge in [-0.3, -0.25) is 4.79 Å². The normalized spacial score (nSPS) is 13.4. The summed E-state index contributed by atoms with van der Waals surface area (Å²) in [6.07, 6.45) is 2.77. The maximum absolute atomic E-state index is 12.9. The highest BCUT2D eigenvalue weighted by atomic mass is 19.1. The third-order valence-electron chi connectivity index (χ3n) is 3.58. The Morgan fingerprint density at radius 3 is 2.33 bits per heavy atom. The summed E-state index contributed by atoms with van der Waals surface area (Å²) in [5, 5.41) is 0. The Bertz CT molecular complexity index is 392. The van der Waals surface area contributed by atoms with Crippen molar-refractivity contribution in [2.45, 2.75) is 52.4 Å². The van der Waals surface area contributed by atoms with Crippen LogP contribution in [-0.2, 0) is 10.2 Å². The topological polar surface area (TPSA) is 17.1 Å². The minimum absolute atomic E-state index is 0.232. The van der Waals surface area contributed by atoms with Crippen LogP contribution in [0, 0.1) is 11.7 Å². The first kappa shape index (κ1) is 14.9. The number of rotatable bonds is 6. The first-order chi connectivity index (χ1) is 8.37. The van der Waals surface area contributed by atoms with Gasteiger partial charge < -0.3 is 0 Å². The molecule has 0 amide bonds. The van der Waals surface area contributed by atoms with Gasteiger partial charge in [-0.05, 0) is 37.5 Å². The van der Waals surface area contributed by atoms with Gasteiger partial charge in [-0.25, -0.2) is 4.39 Å². The molecule has 0 heterocycles. The van der Waals surface area contributed by atoms with Gasteiger partial charge in [0.2, 0.25) is 0 Å². The largest absolute Gasteiger partial charge is 0.299 e. The zero-order valence-corrected chi connectivity index (χ0v) is 11.8. The second kappa shape index (κ2) is 6.12. The van der Waals surface area contributed by atoms with Crippen LogP contribution in [0.15, 0.2) is 24.3 Å². The fraction of sp³-hybridized carbons (Fsp3) is 0.562. The molecule has 0 aliphatic carbocycles. The summed E-state index contributed by atoms with van der Waals surface area (Å²) in [6, 6.07) is 6.25. The molecule has 1 aromatic carbocycles. The summed E-state index contributed by atoms with van der Waals surface area (Å²) in [5.41, 5.74) is 0.355. The van der Waals surface area contributed by atoms with Gasteiger partial charge in [0.15, 0.2) is 0 Å². The molecule has 0 aliphatic rings. The molecule has 0 radical (unpaired) electrons. The Morgan fingerprint density at radius 1 is 1.28 bits per heavy atom. The van der Waals surface area contributed by atoms with E-state index in [2.05, 4.69) is 13.8 Å². The summed E-state index contributed by atoms with van der Waals surface area (Å²) in [7, 11) is 0. The smallest absolute Gasteiger partial charge is 0.143 e. The van der Waals surface area contributed by atoms with Gasteiger partial charge in [0.05, 0.1) is 0 Å². The van der Waals surface area contributed by atoms with Crippen LogP contribution in [0.1, 0.15) is 52.5 Å². The molecule has 0 spiro atoms. The predicted molar refractivity (Wildman–Crippen MR) is 73.1 cm³/mol. The number of carbonyl (C=O) groups excluding carboxylic acids is 1. The molecule has 0 aliphatic heterocycles. The predicted octanol–water partition coefficient (Wildman–Crippen LogP) is 4.50. The number of Topliss-reactive ketones (excluding diaryl/α,β-unsaturated/α-hetero) is 1. The van der Waals surface area contributed by atoms with E-state index in [4.69, 9.17) is 0 Å². The van der Waals surface area contributed by atoms with E-state index < -0.39 is 5.41 Å². The van der Waals surface area contributed by atoms with E-state index in [1.54, 1.807) is 12.1 Å². The highest BCUT2D eigenvalue weighted by Gasteiger charge is 2.30. The molecule has 0 saturated heterocycles. The second-order valence-electron chi connectivity index (χ2n) is 5.65. The summed E-state index contributed by atoms with van der Waals surface area (Å²) in [5.74, 6) is 0.388. The zero-order valence-electron chi connectivity index (χ0n) is 11.8. The highest BCUT2D eigenvalue weighted by molar-refractivity contribution is 5.89. The van der Waals surface area contributed by atoms with Gasteiger partial charge in [0.1, 0.15) is 11.6 Å². The average molecular weight is 250 g/mol. The molecule has 1 nitrogen and oxygen atoms in total. The fourth-order valence-electron chi connectivity index (χ4n) is 2.19. The number of hydrogen-bond donors (Lipinski definition) is 0. The van der Waals surface area contributed by atoms with Crippen LogP contribution in [0.2, 0.25) is 0 Å². The standard InChI is InChI=1S/C16H23FO/c1-5-6-12(2)11-15(18)16(3,4)13-7-9-14(17)10-8-13/h7-10,12H,5-6,11H2,1-4H3. The molecule has 0 bridgehead atoms. The van der Waals surface area contributed by atoms with Crippen LogP contribution in [0.5, 0.6) is 0 Å². The number of ketones is 1. The number of halogens is 1. The van der Waals surface area contributed by atoms with Gasteiger partial charge >= 0.3 is 0 Å². The third kappa shape index (κ3) is 3.66. The lowest BCUT2D eigenvalue weighted by Crippen LogP contribution is -2.30. The van der Waals surface area contributed by atoms with Crippen molar-refractivity contribution in [3.63, 3.8) is 0 Å². The minimum Gasteiger partial charge on any atom is -0.299 e. The van der Waals surface area contributed by atoms with E-state index in [0.29, 0.717) is 12.3 Å². The Kier molecular flexibility index (Phi) is 5.06. The average Bonchev–Trinajstić information content (AvgIpc) is 2.29. The van der Waals surface area contributed by atoms with Crippen LogP contribution < -0.4 is 0 Å². The summed E-state index contributed by atoms with van der Waals surface area (Å²) in [4.78, 5) is 12.3. The summed E-state index contributed by atoms with van der Waals surface area (Å²) in [6.45, 7) is 8.08. The van der Waals surface area contributed by atoms with Crippen LogP contribution in [-0.4, -0.2) is 5.78 Å². The zero-order chi connectivity index (χ0) is 13.8. The molecule has 1 aromatic rings. The van der Waals surface area contributed by atoms with Crippen molar-refractivity contribution in [1.82, 2.24) is 0 Å². The first-order valence-electron chi connectivity index (χ1n) is 6.67. The van der Waals surface area contributed by atoms with E-state index >= 15 is 0 Å². The second-order valence-corrected chi connectivity index (χ2v) is 5.65. The maximum atomic E-state index is 12.9. The minimum atomic E-state index is -0.532. The Balaban J connectivity index is 2.79. The van der Waals surface area contributed by atoms with E-state index in [-0.39, 0.29) is 11.6 Å². The van der Waals surface area contributed by atoms with Gasteiger partial charge in [-0.1, -0.05) is 38.8 Å². The third-order valence-corrected chi connectivity index (χ3v) is 3.58. The SMILES string of the molecule is CCCC(C)CC(=O)C(C)(C)c1ccc(F)cc1. The van der Waals surface area contributed by atoms with E-state index in [0.717, 1.165) is 18.4 Å². The molecule has 0 N–H and O–H groups in total. The van der Waals surface area contributed by atoms with E-state index in [1.165, 1.54) is 12.1 Å². The van der Waals surface area contributed by atoms with Crippen molar-refractivity contribution in [2.24, 2.45) is 5.92 Å². The van der Waals surface area contributed by atoms with Crippen molar-refractivity contribution in [2.75, 3.05) is 0 Å². The molecule has 0 saturated carbocycles. The summed E-state index contributed by atoms with van der Waals surface area (Å²) < 4.78 is 12.9. The monoisotopic (exact) mass is 250 g/mol. The lowest BCUT2D eigenvalue weighted by Gasteiger charge is -2.25. The molecule has 0 aromatic heterocycles. The first-order valence-corrected chi connectivity index (χ1v) is 6.67. The summed E-state index contributed by atoms with van der Waals surface area (Å²) >= 11 is 0. The molecule has 1 rings (SSSR count). The molecule has 2 heteroatoms. The van der Waals surface area contributed by atoms with Crippen molar-refractivity contribution >= 4 is 5.78 Å².